The third-order valence-corrected chi connectivity index (χ3v) is 5.16. The lowest BCUT2D eigenvalue weighted by Gasteiger charge is -2.43. The van der Waals surface area contributed by atoms with Crippen LogP contribution in [0.2, 0.25) is 0 Å². The molecule has 0 saturated heterocycles. The molecule has 1 N–H and O–H groups in total. The number of rotatable bonds is 5. The van der Waals surface area contributed by atoms with Crippen LogP contribution in [0.5, 0.6) is 0 Å². The molecule has 1 aliphatic carbocycles. The van der Waals surface area contributed by atoms with E-state index in [1.54, 1.807) is 0 Å². The summed E-state index contributed by atoms with van der Waals surface area (Å²) in [5.74, 6) is 0. The third kappa shape index (κ3) is 2.58. The van der Waals surface area contributed by atoms with Crippen molar-refractivity contribution in [3.05, 3.63) is 47.5 Å². The Morgan fingerprint density at radius 3 is 2.57 bits per heavy atom. The van der Waals surface area contributed by atoms with Gasteiger partial charge in [0.2, 0.25) is 0 Å². The normalized spacial score (nSPS) is 18.4. The smallest absolute Gasteiger partial charge is 0.0697 e. The maximum Gasteiger partial charge on any atom is 0.0697 e. The predicted octanol–water partition coefficient (Wildman–Crippen LogP) is 4.37. The Bertz CT molecular complexity index is 625. The highest BCUT2D eigenvalue weighted by molar-refractivity contribution is 5.87. The molecule has 1 saturated carbocycles. The fraction of sp³-hybridized carbons (Fsp3) is 0.474. The molecule has 2 aromatic carbocycles. The van der Waals surface area contributed by atoms with E-state index in [0.29, 0.717) is 6.04 Å². The zero-order valence-corrected chi connectivity index (χ0v) is 13.3. The van der Waals surface area contributed by atoms with E-state index in [-0.39, 0.29) is 5.60 Å². The van der Waals surface area contributed by atoms with Gasteiger partial charge in [-0.1, -0.05) is 36.4 Å². The summed E-state index contributed by atoms with van der Waals surface area (Å²) < 4.78 is 5.84. The first-order valence-electron chi connectivity index (χ1n) is 7.90. The van der Waals surface area contributed by atoms with Crippen molar-refractivity contribution in [3.8, 4) is 0 Å². The number of benzene rings is 2. The number of methoxy groups -OCH3 is 1. The summed E-state index contributed by atoms with van der Waals surface area (Å²) in [5, 5.41) is 6.21. The minimum absolute atomic E-state index is 0.0804. The Morgan fingerprint density at radius 2 is 1.95 bits per heavy atom. The minimum atomic E-state index is 0.0804. The van der Waals surface area contributed by atoms with Crippen molar-refractivity contribution in [2.24, 2.45) is 0 Å². The molecule has 3 rings (SSSR count). The largest absolute Gasteiger partial charge is 0.378 e. The molecule has 1 aliphatic rings. The first kappa shape index (κ1) is 14.6. The van der Waals surface area contributed by atoms with Gasteiger partial charge >= 0.3 is 0 Å². The molecular weight excluding hydrogens is 258 g/mol. The van der Waals surface area contributed by atoms with E-state index in [2.05, 4.69) is 55.7 Å². The van der Waals surface area contributed by atoms with Gasteiger partial charge in [-0.2, -0.15) is 0 Å². The molecule has 2 aromatic rings. The predicted molar refractivity (Wildman–Crippen MR) is 88.7 cm³/mol. The summed E-state index contributed by atoms with van der Waals surface area (Å²) in [6, 6.07) is 13.5. The average molecular weight is 283 g/mol. The Labute approximate surface area is 127 Å². The van der Waals surface area contributed by atoms with Crippen molar-refractivity contribution >= 4 is 10.8 Å². The second-order valence-corrected chi connectivity index (χ2v) is 6.30. The van der Waals surface area contributed by atoms with Crippen molar-refractivity contribution in [2.45, 2.75) is 44.2 Å². The van der Waals surface area contributed by atoms with Crippen LogP contribution in [0.25, 0.3) is 10.8 Å². The molecule has 1 fully saturated rings. The molecule has 112 valence electrons. The van der Waals surface area contributed by atoms with E-state index in [4.69, 9.17) is 4.74 Å². The van der Waals surface area contributed by atoms with Gasteiger partial charge in [0.25, 0.3) is 0 Å². The van der Waals surface area contributed by atoms with E-state index < -0.39 is 0 Å². The van der Waals surface area contributed by atoms with Gasteiger partial charge in [-0.3, -0.25) is 0 Å². The topological polar surface area (TPSA) is 21.3 Å². The van der Waals surface area contributed by atoms with E-state index >= 15 is 0 Å². The number of fused-ring (bicyclic) bond motifs is 1. The fourth-order valence-electron chi connectivity index (χ4n) is 3.65. The Morgan fingerprint density at radius 1 is 1.19 bits per heavy atom. The SMILES string of the molecule is CNC(CC1(OC)CCC1)c1c(C)ccc2ccccc12. The summed E-state index contributed by atoms with van der Waals surface area (Å²) in [6.45, 7) is 2.21. The maximum absolute atomic E-state index is 5.84. The fourth-order valence-corrected chi connectivity index (χ4v) is 3.65. The van der Waals surface area contributed by atoms with Gasteiger partial charge in [0.15, 0.2) is 0 Å². The summed E-state index contributed by atoms with van der Waals surface area (Å²) in [6.07, 6.45) is 4.71. The van der Waals surface area contributed by atoms with Crippen LogP contribution in [0.15, 0.2) is 36.4 Å². The van der Waals surface area contributed by atoms with Crippen LogP contribution in [0.4, 0.5) is 0 Å². The van der Waals surface area contributed by atoms with Gasteiger partial charge in [0.05, 0.1) is 5.60 Å². The highest BCUT2D eigenvalue weighted by atomic mass is 16.5. The number of nitrogens with one attached hydrogen (secondary N) is 1. The van der Waals surface area contributed by atoms with Crippen LogP contribution >= 0.6 is 0 Å². The van der Waals surface area contributed by atoms with Crippen molar-refractivity contribution in [3.63, 3.8) is 0 Å². The lowest BCUT2D eigenvalue weighted by molar-refractivity contribution is -0.0834. The molecule has 1 atom stereocenters. The summed E-state index contributed by atoms with van der Waals surface area (Å²) in [5.41, 5.74) is 2.87. The van der Waals surface area contributed by atoms with Gasteiger partial charge < -0.3 is 10.1 Å². The molecule has 2 nitrogen and oxygen atoms in total. The van der Waals surface area contributed by atoms with E-state index in [0.717, 1.165) is 6.42 Å². The molecule has 21 heavy (non-hydrogen) atoms. The minimum Gasteiger partial charge on any atom is -0.378 e. The van der Waals surface area contributed by atoms with Crippen molar-refractivity contribution in [2.75, 3.05) is 14.2 Å². The van der Waals surface area contributed by atoms with Crippen molar-refractivity contribution < 1.29 is 4.74 Å². The molecule has 0 aromatic heterocycles. The maximum atomic E-state index is 5.84. The molecule has 0 bridgehead atoms. The third-order valence-electron chi connectivity index (χ3n) is 5.16. The molecule has 0 amide bonds. The van der Waals surface area contributed by atoms with E-state index in [1.165, 1.54) is 41.2 Å². The lowest BCUT2D eigenvalue weighted by atomic mass is 9.74. The highest BCUT2D eigenvalue weighted by Gasteiger charge is 2.39. The standard InChI is InChI=1S/C19H25NO/c1-14-9-10-15-7-4-5-8-16(15)18(14)17(20-2)13-19(21-3)11-6-12-19/h4-5,7-10,17,20H,6,11-13H2,1-3H3. The van der Waals surface area contributed by atoms with E-state index in [1.807, 2.05) is 7.11 Å². The number of aryl methyl sites for hydroxylation is 1. The van der Waals surface area contributed by atoms with Crippen molar-refractivity contribution in [1.29, 1.82) is 0 Å². The van der Waals surface area contributed by atoms with Crippen LogP contribution in [-0.2, 0) is 4.74 Å². The van der Waals surface area contributed by atoms with Crippen LogP contribution in [0, 0.1) is 6.92 Å². The molecule has 2 heteroatoms. The Kier molecular flexibility index (Phi) is 4.01. The van der Waals surface area contributed by atoms with Crippen LogP contribution in [-0.4, -0.2) is 19.8 Å². The number of hydrogen-bond acceptors (Lipinski definition) is 2. The van der Waals surface area contributed by atoms with Gasteiger partial charge in [-0.25, -0.2) is 0 Å². The average Bonchev–Trinajstić information content (AvgIpc) is 2.48. The quantitative estimate of drug-likeness (QED) is 0.880. The summed E-state index contributed by atoms with van der Waals surface area (Å²) in [7, 11) is 3.93. The summed E-state index contributed by atoms with van der Waals surface area (Å²) >= 11 is 0. The molecule has 0 radical (unpaired) electrons. The van der Waals surface area contributed by atoms with Crippen molar-refractivity contribution in [1.82, 2.24) is 5.32 Å². The number of ether oxygens (including phenoxy) is 1. The highest BCUT2D eigenvalue weighted by Crippen LogP contribution is 2.43. The summed E-state index contributed by atoms with van der Waals surface area (Å²) in [4.78, 5) is 0. The zero-order chi connectivity index (χ0) is 14.9. The first-order valence-corrected chi connectivity index (χ1v) is 7.90. The molecule has 1 unspecified atom stereocenters. The number of hydrogen-bond donors (Lipinski definition) is 1. The Balaban J connectivity index is 2.02. The first-order chi connectivity index (χ1) is 10.2. The monoisotopic (exact) mass is 283 g/mol. The van der Waals surface area contributed by atoms with Crippen LogP contribution in [0.1, 0.15) is 42.9 Å². The van der Waals surface area contributed by atoms with Gasteiger partial charge in [-0.05, 0) is 61.6 Å². The molecule has 0 aliphatic heterocycles. The van der Waals surface area contributed by atoms with Gasteiger partial charge in [0, 0.05) is 13.2 Å². The van der Waals surface area contributed by atoms with Gasteiger partial charge in [-0.15, -0.1) is 0 Å². The second kappa shape index (κ2) is 5.78. The Hall–Kier alpha value is -1.38. The van der Waals surface area contributed by atoms with Crippen LogP contribution in [0.3, 0.4) is 0 Å². The molecule has 0 spiro atoms. The lowest BCUT2D eigenvalue weighted by Crippen LogP contribution is -2.42. The zero-order valence-electron chi connectivity index (χ0n) is 13.3. The van der Waals surface area contributed by atoms with Gasteiger partial charge in [0.1, 0.15) is 0 Å². The molecule has 0 heterocycles. The second-order valence-electron chi connectivity index (χ2n) is 6.30. The van der Waals surface area contributed by atoms with Crippen LogP contribution < -0.4 is 5.32 Å². The van der Waals surface area contributed by atoms with E-state index in [9.17, 15) is 0 Å². The molecular formula is C19H25NO.